The summed E-state index contributed by atoms with van der Waals surface area (Å²) in [6.45, 7) is 2.12. The number of aromatic nitrogens is 2. The van der Waals surface area contributed by atoms with Gasteiger partial charge < -0.3 is 35.3 Å². The average Bonchev–Trinajstić information content (AvgIpc) is 3.77. The first-order valence-electron chi connectivity index (χ1n) is 13.6. The number of imidazole rings is 1. The Morgan fingerprint density at radius 3 is 2.59 bits per heavy atom. The quantitative estimate of drug-likeness (QED) is 0.290. The molecule has 2 fully saturated rings. The van der Waals surface area contributed by atoms with E-state index in [4.69, 9.17) is 26.2 Å². The Kier molecular flexibility index (Phi) is 10.5. The first kappa shape index (κ1) is 32.4. The molecule has 44 heavy (non-hydrogen) atoms. The summed E-state index contributed by atoms with van der Waals surface area (Å²) in [5.41, 5.74) is 0.697. The van der Waals surface area contributed by atoms with E-state index in [-0.39, 0.29) is 63.7 Å². The summed E-state index contributed by atoms with van der Waals surface area (Å²) >= 11 is 6.43. The molecule has 2 saturated heterocycles. The van der Waals surface area contributed by atoms with Crippen LogP contribution in [-0.4, -0.2) is 83.1 Å². The number of carbonyl (C=O) groups excluding carboxylic acids is 3. The molecule has 5 rings (SSSR count). The highest BCUT2D eigenvalue weighted by Gasteiger charge is 2.31. The van der Waals surface area contributed by atoms with Crippen LogP contribution < -0.4 is 20.7 Å². The Morgan fingerprint density at radius 2 is 1.93 bits per heavy atom. The minimum atomic E-state index is -1.14. The highest BCUT2D eigenvalue weighted by atomic mass is 35.5. The van der Waals surface area contributed by atoms with Crippen LogP contribution in [0, 0.1) is 17.6 Å². The van der Waals surface area contributed by atoms with Gasteiger partial charge in [0.25, 0.3) is 18.3 Å². The van der Waals surface area contributed by atoms with Crippen molar-refractivity contribution in [3.8, 4) is 17.0 Å². The molecule has 0 saturated carbocycles. The molecule has 2 atom stereocenters. The second-order valence-corrected chi connectivity index (χ2v) is 10.6. The van der Waals surface area contributed by atoms with Gasteiger partial charge in [0.2, 0.25) is 11.7 Å². The van der Waals surface area contributed by atoms with E-state index in [1.807, 2.05) is 0 Å². The van der Waals surface area contributed by atoms with Crippen LogP contribution in [0.5, 0.6) is 5.75 Å². The monoisotopic (exact) mass is 632 g/mol. The van der Waals surface area contributed by atoms with Crippen LogP contribution >= 0.6 is 11.6 Å². The first-order valence-corrected chi connectivity index (χ1v) is 14.0. The lowest BCUT2D eigenvalue weighted by molar-refractivity contribution is -0.125. The van der Waals surface area contributed by atoms with Crippen molar-refractivity contribution in [2.45, 2.75) is 18.9 Å². The Balaban J connectivity index is 0.00000141. The maximum absolute atomic E-state index is 14.6. The van der Waals surface area contributed by atoms with Gasteiger partial charge in [0.05, 0.1) is 35.5 Å². The molecule has 15 heteroatoms. The van der Waals surface area contributed by atoms with Gasteiger partial charge in [0.15, 0.2) is 17.4 Å². The van der Waals surface area contributed by atoms with E-state index in [1.165, 1.54) is 49.2 Å². The van der Waals surface area contributed by atoms with Gasteiger partial charge in [-0.1, -0.05) is 11.6 Å². The van der Waals surface area contributed by atoms with E-state index in [0.717, 1.165) is 13.0 Å². The number of anilines is 1. The molecular weight excluding hydrogens is 602 g/mol. The van der Waals surface area contributed by atoms with Crippen LogP contribution in [0.3, 0.4) is 0 Å². The summed E-state index contributed by atoms with van der Waals surface area (Å²) in [7, 11) is 2.74. The van der Waals surface area contributed by atoms with Crippen LogP contribution in [0.4, 0.5) is 14.5 Å². The predicted molar refractivity (Wildman–Crippen MR) is 157 cm³/mol. The van der Waals surface area contributed by atoms with Gasteiger partial charge in [-0.05, 0) is 49.7 Å². The van der Waals surface area contributed by atoms with Gasteiger partial charge in [-0.15, -0.1) is 0 Å². The zero-order chi connectivity index (χ0) is 32.0. The Hall–Kier alpha value is -4.56. The Bertz CT molecular complexity index is 1560. The predicted octanol–water partition coefficient (Wildman–Crippen LogP) is 2.92. The lowest BCUT2D eigenvalue weighted by Crippen LogP contribution is -2.41. The SMILES string of the molecule is COc1ccc(-c2cnc(C(=O)Nc3ccc(C(=O)N4CCC(NC(=O)[C@@H]5CCNC5)C4)c(Cl)c3)n2C)c(F)c1F.O=CO. The zero-order valence-electron chi connectivity index (χ0n) is 23.9. The Labute approximate surface area is 256 Å². The molecule has 3 amide bonds. The van der Waals surface area contributed by atoms with Crippen molar-refractivity contribution in [1.82, 2.24) is 25.1 Å². The van der Waals surface area contributed by atoms with Crippen LogP contribution in [0.1, 0.15) is 33.8 Å². The number of nitrogens with one attached hydrogen (secondary N) is 3. The van der Waals surface area contributed by atoms with E-state index in [0.29, 0.717) is 31.7 Å². The second-order valence-electron chi connectivity index (χ2n) is 10.2. The van der Waals surface area contributed by atoms with Gasteiger partial charge in [-0.3, -0.25) is 19.2 Å². The molecule has 3 aromatic rings. The molecule has 0 aliphatic carbocycles. The number of hydrogen-bond acceptors (Lipinski definition) is 7. The van der Waals surface area contributed by atoms with Gasteiger partial charge in [0.1, 0.15) is 0 Å². The van der Waals surface area contributed by atoms with Crippen molar-refractivity contribution >= 4 is 41.5 Å². The normalized spacial score (nSPS) is 17.4. The topological polar surface area (TPSA) is 155 Å². The van der Waals surface area contributed by atoms with Crippen molar-refractivity contribution in [3.05, 3.63) is 64.6 Å². The molecule has 1 unspecified atom stereocenters. The third kappa shape index (κ3) is 6.97. The number of halogens is 3. The second kappa shape index (κ2) is 14.3. The van der Waals surface area contributed by atoms with Crippen molar-refractivity contribution in [3.63, 3.8) is 0 Å². The van der Waals surface area contributed by atoms with E-state index in [1.54, 1.807) is 11.0 Å². The van der Waals surface area contributed by atoms with Gasteiger partial charge in [0, 0.05) is 44.0 Å². The summed E-state index contributed by atoms with van der Waals surface area (Å²) in [5, 5.41) is 15.9. The summed E-state index contributed by atoms with van der Waals surface area (Å²) in [6, 6.07) is 7.04. The highest BCUT2D eigenvalue weighted by molar-refractivity contribution is 6.34. The van der Waals surface area contributed by atoms with E-state index in [2.05, 4.69) is 20.9 Å². The minimum Gasteiger partial charge on any atom is -0.494 e. The Morgan fingerprint density at radius 1 is 1.18 bits per heavy atom. The van der Waals surface area contributed by atoms with Crippen molar-refractivity contribution in [1.29, 1.82) is 0 Å². The molecule has 2 aliphatic rings. The molecule has 12 nitrogen and oxygen atoms in total. The number of methoxy groups -OCH3 is 1. The highest BCUT2D eigenvalue weighted by Crippen LogP contribution is 2.30. The van der Waals surface area contributed by atoms with E-state index in [9.17, 15) is 23.2 Å². The number of benzene rings is 2. The third-order valence-corrected chi connectivity index (χ3v) is 7.76. The largest absolute Gasteiger partial charge is 0.494 e. The third-order valence-electron chi connectivity index (χ3n) is 7.44. The molecule has 0 spiro atoms. The van der Waals surface area contributed by atoms with Crippen LogP contribution in [0.25, 0.3) is 11.3 Å². The number of rotatable bonds is 7. The fourth-order valence-electron chi connectivity index (χ4n) is 5.14. The van der Waals surface area contributed by atoms with E-state index < -0.39 is 17.5 Å². The van der Waals surface area contributed by atoms with Crippen LogP contribution in [-0.2, 0) is 16.6 Å². The zero-order valence-corrected chi connectivity index (χ0v) is 24.7. The summed E-state index contributed by atoms with van der Waals surface area (Å²) in [6.07, 6.45) is 2.73. The molecule has 0 radical (unpaired) electrons. The molecule has 234 valence electrons. The average molecular weight is 633 g/mol. The summed E-state index contributed by atoms with van der Waals surface area (Å²) in [5.74, 6) is -3.46. The fraction of sp³-hybridized carbons (Fsp3) is 0.345. The number of nitrogens with zero attached hydrogens (tertiary/aromatic N) is 3. The number of ether oxygens (including phenoxy) is 1. The molecule has 2 aromatic carbocycles. The first-order chi connectivity index (χ1) is 21.1. The summed E-state index contributed by atoms with van der Waals surface area (Å²) < 4.78 is 35.0. The number of hydrogen-bond donors (Lipinski definition) is 4. The number of carbonyl (C=O) groups is 4. The van der Waals surface area contributed by atoms with Crippen LogP contribution in [0.15, 0.2) is 36.5 Å². The lowest BCUT2D eigenvalue weighted by atomic mass is 10.1. The maximum Gasteiger partial charge on any atom is 0.291 e. The minimum absolute atomic E-state index is 0.00792. The molecule has 4 N–H and O–H groups in total. The smallest absolute Gasteiger partial charge is 0.291 e. The van der Waals surface area contributed by atoms with E-state index >= 15 is 0 Å². The van der Waals surface area contributed by atoms with Crippen molar-refractivity contribution in [2.24, 2.45) is 13.0 Å². The maximum atomic E-state index is 14.6. The number of amides is 3. The molecule has 1 aromatic heterocycles. The molecule has 0 bridgehead atoms. The molecular formula is C29H31ClF2N6O6. The molecule has 2 aliphatic heterocycles. The molecule has 3 heterocycles. The summed E-state index contributed by atoms with van der Waals surface area (Å²) in [4.78, 5) is 52.6. The van der Waals surface area contributed by atoms with Gasteiger partial charge >= 0.3 is 0 Å². The fourth-order valence-corrected chi connectivity index (χ4v) is 5.40. The number of likely N-dealkylation sites (tertiary alicyclic amines) is 1. The number of carboxylic acid groups (broad SMARTS) is 1. The van der Waals surface area contributed by atoms with Crippen molar-refractivity contribution < 1.29 is 37.8 Å². The van der Waals surface area contributed by atoms with Crippen LogP contribution in [0.2, 0.25) is 5.02 Å². The van der Waals surface area contributed by atoms with Gasteiger partial charge in [-0.2, -0.15) is 4.39 Å². The van der Waals surface area contributed by atoms with Crippen molar-refractivity contribution in [2.75, 3.05) is 38.6 Å². The lowest BCUT2D eigenvalue weighted by Gasteiger charge is -2.19. The standard InChI is InChI=1S/C28H29ClF2N6O4.CH2O2/c1-36-21(19-5-6-22(41-2)24(31)23(19)30)13-33-25(36)27(39)34-16-3-4-18(20(29)11-16)28(40)37-10-8-17(14-37)35-26(38)15-7-9-32-12-15;2-1-3/h3-6,11,13,15,17,32H,7-10,12,14H2,1-2H3,(H,34,39)(H,35,38);1H,(H,2,3)/t15-,17?;/m1./s1. The van der Waals surface area contributed by atoms with Gasteiger partial charge in [-0.25, -0.2) is 9.37 Å².